The predicted molar refractivity (Wildman–Crippen MR) is 69.8 cm³/mol. The van der Waals surface area contributed by atoms with E-state index < -0.39 is 6.16 Å². The van der Waals surface area contributed by atoms with Crippen molar-refractivity contribution in [1.29, 1.82) is 0 Å². The van der Waals surface area contributed by atoms with E-state index in [4.69, 9.17) is 9.47 Å². The quantitative estimate of drug-likeness (QED) is 0.788. The number of hydrogen-bond acceptors (Lipinski definition) is 6. The largest absolute Gasteiger partial charge is 0.514 e. The van der Waals surface area contributed by atoms with Crippen LogP contribution >= 0.6 is 11.3 Å². The summed E-state index contributed by atoms with van der Waals surface area (Å²) in [7, 11) is 1.27. The van der Waals surface area contributed by atoms with E-state index in [0.717, 1.165) is 10.6 Å². The molecule has 0 unspecified atom stereocenters. The van der Waals surface area contributed by atoms with Gasteiger partial charge in [-0.05, 0) is 13.0 Å². The minimum Gasteiger partial charge on any atom is -0.482 e. The smallest absolute Gasteiger partial charge is 0.482 e. The molecule has 0 atom stereocenters. The van der Waals surface area contributed by atoms with E-state index in [9.17, 15) is 4.79 Å². The maximum Gasteiger partial charge on any atom is 0.514 e. The van der Waals surface area contributed by atoms with Gasteiger partial charge in [-0.15, -0.1) is 0 Å². The van der Waals surface area contributed by atoms with E-state index in [-0.39, 0.29) is 0 Å². The van der Waals surface area contributed by atoms with Crippen LogP contribution in [0.2, 0.25) is 0 Å². The summed E-state index contributed by atoms with van der Waals surface area (Å²) in [6.45, 7) is 3.13. The number of aromatic nitrogens is 2. The first-order chi connectivity index (χ1) is 9.19. The topological polar surface area (TPSA) is 62.6 Å². The Morgan fingerprint density at radius 3 is 3.05 bits per heavy atom. The van der Waals surface area contributed by atoms with E-state index in [2.05, 4.69) is 9.72 Å². The van der Waals surface area contributed by atoms with Crippen molar-refractivity contribution in [2.75, 3.05) is 13.7 Å². The van der Waals surface area contributed by atoms with Gasteiger partial charge in [-0.25, -0.2) is 9.78 Å². The summed E-state index contributed by atoms with van der Waals surface area (Å²) >= 11 is 1.27. The second kappa shape index (κ2) is 6.24. The first kappa shape index (κ1) is 13.4. The molecule has 102 valence electrons. The van der Waals surface area contributed by atoms with Crippen molar-refractivity contribution >= 4 is 17.5 Å². The van der Waals surface area contributed by atoms with Gasteiger partial charge in [-0.2, -0.15) is 0 Å². The third-order valence-electron chi connectivity index (χ3n) is 2.34. The van der Waals surface area contributed by atoms with E-state index in [0.29, 0.717) is 18.2 Å². The number of thiophene rings is 1. The van der Waals surface area contributed by atoms with Crippen molar-refractivity contribution in [3.05, 3.63) is 30.4 Å². The number of hydrogen-bond donors (Lipinski definition) is 0. The summed E-state index contributed by atoms with van der Waals surface area (Å²) in [4.78, 5) is 14.9. The van der Waals surface area contributed by atoms with Gasteiger partial charge in [0, 0.05) is 18.0 Å². The Kier molecular flexibility index (Phi) is 4.40. The third kappa shape index (κ3) is 3.72. The molecule has 2 rings (SSSR count). The summed E-state index contributed by atoms with van der Waals surface area (Å²) in [5, 5.41) is 1.20. The number of carbonyl (C=O) groups excluding carboxylic acids is 1. The van der Waals surface area contributed by atoms with Crippen molar-refractivity contribution in [3.63, 3.8) is 0 Å². The average molecular weight is 282 g/mol. The van der Waals surface area contributed by atoms with Crippen LogP contribution in [0.25, 0.3) is 0 Å². The SMILES string of the molecule is COC(=O)Oc1cc(C)c(OCCn2ccnc2)s1. The van der Waals surface area contributed by atoms with Gasteiger partial charge in [0.2, 0.25) is 0 Å². The molecule has 0 fully saturated rings. The molecule has 2 aromatic rings. The molecule has 0 bridgehead atoms. The molecule has 2 aromatic heterocycles. The zero-order valence-corrected chi connectivity index (χ0v) is 11.5. The fourth-order valence-electron chi connectivity index (χ4n) is 1.42. The average Bonchev–Trinajstić information content (AvgIpc) is 3.00. The Morgan fingerprint density at radius 2 is 2.37 bits per heavy atom. The molecule has 0 radical (unpaired) electrons. The van der Waals surface area contributed by atoms with E-state index in [1.807, 2.05) is 17.7 Å². The van der Waals surface area contributed by atoms with Gasteiger partial charge in [0.05, 0.1) is 20.0 Å². The maximum absolute atomic E-state index is 11.0. The molecule has 2 heterocycles. The standard InChI is InChI=1S/C12H14N2O4S/c1-9-7-10(18-12(15)16-2)19-11(9)17-6-5-14-4-3-13-8-14/h3-4,7-8H,5-6H2,1-2H3. The summed E-state index contributed by atoms with van der Waals surface area (Å²) in [6.07, 6.45) is 4.59. The lowest BCUT2D eigenvalue weighted by atomic mass is 10.4. The van der Waals surface area contributed by atoms with Crippen LogP contribution in [0, 0.1) is 6.92 Å². The second-order valence-electron chi connectivity index (χ2n) is 3.74. The minimum atomic E-state index is -0.730. The Labute approximate surface area is 114 Å². The van der Waals surface area contributed by atoms with Crippen molar-refractivity contribution in [2.45, 2.75) is 13.5 Å². The number of aryl methyl sites for hydroxylation is 1. The Bertz CT molecular complexity index is 536. The van der Waals surface area contributed by atoms with Crippen LogP contribution in [-0.2, 0) is 11.3 Å². The molecule has 0 aliphatic heterocycles. The molecule has 0 spiro atoms. The van der Waals surface area contributed by atoms with Crippen LogP contribution in [0.1, 0.15) is 5.56 Å². The summed E-state index contributed by atoms with van der Waals surface area (Å²) in [5.41, 5.74) is 0.925. The Hall–Kier alpha value is -2.02. The molecule has 19 heavy (non-hydrogen) atoms. The Balaban J connectivity index is 1.88. The van der Waals surface area contributed by atoms with E-state index in [1.54, 1.807) is 18.6 Å². The van der Waals surface area contributed by atoms with Gasteiger partial charge in [-0.1, -0.05) is 11.3 Å². The second-order valence-corrected chi connectivity index (χ2v) is 4.72. The number of ether oxygens (including phenoxy) is 3. The highest BCUT2D eigenvalue weighted by Gasteiger charge is 2.11. The molecule has 0 saturated carbocycles. The van der Waals surface area contributed by atoms with Crippen LogP contribution in [0.4, 0.5) is 4.79 Å². The van der Waals surface area contributed by atoms with Crippen molar-refractivity contribution in [3.8, 4) is 10.1 Å². The van der Waals surface area contributed by atoms with E-state index >= 15 is 0 Å². The number of imidazole rings is 1. The molecule has 0 aliphatic carbocycles. The molecular weight excluding hydrogens is 268 g/mol. The summed E-state index contributed by atoms with van der Waals surface area (Å²) < 4.78 is 16.9. The van der Waals surface area contributed by atoms with Crippen molar-refractivity contribution in [2.24, 2.45) is 0 Å². The maximum atomic E-state index is 11.0. The molecule has 0 aromatic carbocycles. The normalized spacial score (nSPS) is 10.2. The summed E-state index contributed by atoms with van der Waals surface area (Å²) in [5.74, 6) is 0. The lowest BCUT2D eigenvalue weighted by molar-refractivity contribution is 0.123. The highest BCUT2D eigenvalue weighted by Crippen LogP contribution is 2.35. The van der Waals surface area contributed by atoms with Crippen LogP contribution in [-0.4, -0.2) is 29.4 Å². The molecule has 0 aliphatic rings. The van der Waals surface area contributed by atoms with Crippen LogP contribution < -0.4 is 9.47 Å². The highest BCUT2D eigenvalue weighted by atomic mass is 32.1. The monoisotopic (exact) mass is 282 g/mol. The predicted octanol–water partition coefficient (Wildman–Crippen LogP) is 2.48. The van der Waals surface area contributed by atoms with Crippen molar-refractivity contribution in [1.82, 2.24) is 9.55 Å². The van der Waals surface area contributed by atoms with Gasteiger partial charge in [0.1, 0.15) is 6.61 Å². The first-order valence-corrected chi connectivity index (χ1v) is 6.45. The first-order valence-electron chi connectivity index (χ1n) is 5.64. The van der Waals surface area contributed by atoms with Crippen LogP contribution in [0.3, 0.4) is 0 Å². The van der Waals surface area contributed by atoms with Gasteiger partial charge < -0.3 is 18.8 Å². The lowest BCUT2D eigenvalue weighted by Crippen LogP contribution is -2.06. The molecule has 0 saturated heterocycles. The number of methoxy groups -OCH3 is 1. The molecule has 7 heteroatoms. The lowest BCUT2D eigenvalue weighted by Gasteiger charge is -2.04. The molecule has 6 nitrogen and oxygen atoms in total. The van der Waals surface area contributed by atoms with Gasteiger partial charge in [-0.3, -0.25) is 0 Å². The van der Waals surface area contributed by atoms with Gasteiger partial charge >= 0.3 is 6.16 Å². The highest BCUT2D eigenvalue weighted by molar-refractivity contribution is 7.15. The van der Waals surface area contributed by atoms with Gasteiger partial charge in [0.25, 0.3) is 0 Å². The fraction of sp³-hybridized carbons (Fsp3) is 0.333. The molecule has 0 amide bonds. The molecule has 0 N–H and O–H groups in total. The van der Waals surface area contributed by atoms with Gasteiger partial charge in [0.15, 0.2) is 10.1 Å². The van der Waals surface area contributed by atoms with Crippen LogP contribution in [0.5, 0.6) is 10.1 Å². The third-order valence-corrected chi connectivity index (χ3v) is 3.37. The molecular formula is C12H14N2O4S. The van der Waals surface area contributed by atoms with Crippen molar-refractivity contribution < 1.29 is 19.0 Å². The number of rotatable bonds is 5. The Morgan fingerprint density at radius 1 is 1.53 bits per heavy atom. The van der Waals surface area contributed by atoms with E-state index in [1.165, 1.54) is 18.4 Å². The zero-order chi connectivity index (χ0) is 13.7. The zero-order valence-electron chi connectivity index (χ0n) is 10.7. The van der Waals surface area contributed by atoms with Crippen LogP contribution in [0.15, 0.2) is 24.8 Å². The minimum absolute atomic E-state index is 0.460. The number of carbonyl (C=O) groups is 1. The fourth-order valence-corrected chi connectivity index (χ4v) is 2.31. The number of nitrogens with zero attached hydrogens (tertiary/aromatic N) is 2. The summed E-state index contributed by atoms with van der Waals surface area (Å²) in [6, 6.07) is 1.74.